The molecule has 0 aliphatic carbocycles. The Balaban J connectivity index is 1.76. The van der Waals surface area contributed by atoms with E-state index >= 15 is 0 Å². The third-order valence-corrected chi connectivity index (χ3v) is 4.54. The van der Waals surface area contributed by atoms with E-state index < -0.39 is 0 Å². The van der Waals surface area contributed by atoms with Gasteiger partial charge in [-0.15, -0.1) is 0 Å². The summed E-state index contributed by atoms with van der Waals surface area (Å²) in [5.74, 6) is 1.65. The summed E-state index contributed by atoms with van der Waals surface area (Å²) in [5, 5.41) is 4.28. The second-order valence-electron chi connectivity index (χ2n) is 6.50. The smallest absolute Gasteiger partial charge is 0.127 e. The van der Waals surface area contributed by atoms with Crippen LogP contribution in [0.25, 0.3) is 0 Å². The molecule has 1 atom stereocenters. The second-order valence-corrected chi connectivity index (χ2v) is 6.50. The maximum atomic E-state index is 5.84. The van der Waals surface area contributed by atoms with Crippen LogP contribution in [0.5, 0.6) is 11.5 Å². The highest BCUT2D eigenvalue weighted by Gasteiger charge is 2.21. The maximum absolute atomic E-state index is 5.84. The van der Waals surface area contributed by atoms with Crippen LogP contribution in [0.3, 0.4) is 0 Å². The van der Waals surface area contributed by atoms with Gasteiger partial charge in [-0.2, -0.15) is 5.10 Å². The number of hydrogen-bond acceptors (Lipinski definition) is 5. The minimum absolute atomic E-state index is 0.306. The molecule has 136 valence electrons. The Kier molecular flexibility index (Phi) is 5.94. The summed E-state index contributed by atoms with van der Waals surface area (Å²) >= 11 is 0. The van der Waals surface area contributed by atoms with Crippen LogP contribution in [0, 0.1) is 0 Å². The molecule has 1 unspecified atom stereocenters. The molecule has 2 aromatic rings. The zero-order chi connectivity index (χ0) is 17.6. The molecule has 6 nitrogen and oxygen atoms in total. The number of methoxy groups -OCH3 is 2. The molecule has 0 spiro atoms. The first-order valence-electron chi connectivity index (χ1n) is 8.70. The van der Waals surface area contributed by atoms with Crippen molar-refractivity contribution in [3.8, 4) is 11.5 Å². The molecule has 2 heterocycles. The lowest BCUT2D eigenvalue weighted by molar-refractivity contribution is 0.0676. The molecule has 1 aromatic carbocycles. The first kappa shape index (κ1) is 17.8. The molecule has 1 aromatic heterocycles. The highest BCUT2D eigenvalue weighted by molar-refractivity contribution is 5.40. The quantitative estimate of drug-likeness (QED) is 0.736. The van der Waals surface area contributed by atoms with Crippen LogP contribution >= 0.6 is 0 Å². The van der Waals surface area contributed by atoms with Crippen LogP contribution in [-0.2, 0) is 24.9 Å². The van der Waals surface area contributed by atoms with Crippen molar-refractivity contribution in [2.75, 3.05) is 27.4 Å². The number of nitrogens with zero attached hydrogens (tertiary/aromatic N) is 3. The van der Waals surface area contributed by atoms with Gasteiger partial charge in [-0.3, -0.25) is 9.58 Å². The van der Waals surface area contributed by atoms with Gasteiger partial charge in [0.1, 0.15) is 11.5 Å². The number of aryl methyl sites for hydroxylation is 1. The third-order valence-electron chi connectivity index (χ3n) is 4.54. The monoisotopic (exact) mass is 345 g/mol. The van der Waals surface area contributed by atoms with Gasteiger partial charge in [0.25, 0.3) is 0 Å². The minimum Gasteiger partial charge on any atom is -0.497 e. The third kappa shape index (κ3) is 4.74. The fourth-order valence-corrected chi connectivity index (χ4v) is 3.30. The highest BCUT2D eigenvalue weighted by atomic mass is 16.5. The molecule has 1 fully saturated rings. The first-order chi connectivity index (χ1) is 12.2. The highest BCUT2D eigenvalue weighted by Crippen LogP contribution is 2.27. The summed E-state index contributed by atoms with van der Waals surface area (Å²) in [6, 6.07) is 5.99. The van der Waals surface area contributed by atoms with Crippen LogP contribution in [0.2, 0.25) is 0 Å². The number of rotatable bonds is 8. The fourth-order valence-electron chi connectivity index (χ4n) is 3.30. The van der Waals surface area contributed by atoms with Gasteiger partial charge < -0.3 is 14.2 Å². The van der Waals surface area contributed by atoms with Gasteiger partial charge in [0.2, 0.25) is 0 Å². The van der Waals surface area contributed by atoms with Crippen molar-refractivity contribution in [2.45, 2.75) is 32.0 Å². The van der Waals surface area contributed by atoms with Gasteiger partial charge in [0.15, 0.2) is 0 Å². The zero-order valence-corrected chi connectivity index (χ0v) is 15.3. The molecule has 3 rings (SSSR count). The lowest BCUT2D eigenvalue weighted by Crippen LogP contribution is -2.31. The lowest BCUT2D eigenvalue weighted by Gasteiger charge is -2.25. The number of benzene rings is 1. The second kappa shape index (κ2) is 8.36. The van der Waals surface area contributed by atoms with Gasteiger partial charge in [0.05, 0.1) is 26.5 Å². The van der Waals surface area contributed by atoms with Gasteiger partial charge in [-0.05, 0) is 18.9 Å². The Hall–Kier alpha value is -2.05. The molecule has 0 radical (unpaired) electrons. The van der Waals surface area contributed by atoms with Crippen LogP contribution in [0.4, 0.5) is 0 Å². The van der Waals surface area contributed by atoms with E-state index in [0.717, 1.165) is 56.1 Å². The topological polar surface area (TPSA) is 48.8 Å². The van der Waals surface area contributed by atoms with E-state index in [4.69, 9.17) is 14.2 Å². The number of hydrogen-bond donors (Lipinski definition) is 0. The van der Waals surface area contributed by atoms with Crippen molar-refractivity contribution >= 4 is 0 Å². The summed E-state index contributed by atoms with van der Waals surface area (Å²) in [7, 11) is 5.31. The fraction of sp³-hybridized carbons (Fsp3) is 0.526. The molecular formula is C19H27N3O3. The maximum Gasteiger partial charge on any atom is 0.127 e. The van der Waals surface area contributed by atoms with Crippen LogP contribution < -0.4 is 9.47 Å². The summed E-state index contributed by atoms with van der Waals surface area (Å²) in [6.07, 6.45) is 6.57. The van der Waals surface area contributed by atoms with Crippen molar-refractivity contribution in [2.24, 2.45) is 7.05 Å². The average molecular weight is 345 g/mol. The molecule has 0 N–H and O–H groups in total. The van der Waals surface area contributed by atoms with Crippen LogP contribution in [0.1, 0.15) is 24.0 Å². The first-order valence-corrected chi connectivity index (χ1v) is 8.70. The van der Waals surface area contributed by atoms with Gasteiger partial charge >= 0.3 is 0 Å². The molecule has 25 heavy (non-hydrogen) atoms. The minimum atomic E-state index is 0.306. The SMILES string of the molecule is COc1ccc(CN(Cc2cnn(C)c2)CC2CCCO2)c(OC)c1. The molecule has 1 aliphatic heterocycles. The number of ether oxygens (including phenoxy) is 3. The van der Waals surface area contributed by atoms with E-state index in [-0.39, 0.29) is 0 Å². The molecule has 6 heteroatoms. The molecule has 1 aliphatic rings. The van der Waals surface area contributed by atoms with Gasteiger partial charge in [-0.1, -0.05) is 6.07 Å². The molecule has 0 amide bonds. The summed E-state index contributed by atoms with van der Waals surface area (Å²) in [6.45, 7) is 3.41. The molecule has 0 saturated carbocycles. The Morgan fingerprint density at radius 3 is 2.80 bits per heavy atom. The van der Waals surface area contributed by atoms with Crippen molar-refractivity contribution in [3.63, 3.8) is 0 Å². The standard InChI is InChI=1S/C19H27N3O3/c1-21-11-15(10-20-21)12-22(14-18-5-4-8-25-18)13-16-6-7-17(23-2)9-19(16)24-3/h6-7,9-11,18H,4-5,8,12-14H2,1-3H3. The van der Waals surface area contributed by atoms with Crippen molar-refractivity contribution in [3.05, 3.63) is 41.7 Å². The zero-order valence-electron chi connectivity index (χ0n) is 15.3. The van der Waals surface area contributed by atoms with Crippen LogP contribution in [-0.4, -0.2) is 48.2 Å². The lowest BCUT2D eigenvalue weighted by atomic mass is 10.1. The van der Waals surface area contributed by atoms with E-state index in [2.05, 4.69) is 22.3 Å². The Morgan fingerprint density at radius 2 is 2.16 bits per heavy atom. The van der Waals surface area contributed by atoms with Gasteiger partial charge in [-0.25, -0.2) is 0 Å². The molecular weight excluding hydrogens is 318 g/mol. The van der Waals surface area contributed by atoms with E-state index in [0.29, 0.717) is 6.10 Å². The van der Waals surface area contributed by atoms with E-state index in [9.17, 15) is 0 Å². The summed E-state index contributed by atoms with van der Waals surface area (Å²) in [5.41, 5.74) is 2.35. The van der Waals surface area contributed by atoms with E-state index in [1.165, 1.54) is 5.56 Å². The Labute approximate surface area is 149 Å². The van der Waals surface area contributed by atoms with Crippen molar-refractivity contribution in [1.82, 2.24) is 14.7 Å². The summed E-state index contributed by atoms with van der Waals surface area (Å²) < 4.78 is 18.5. The number of aromatic nitrogens is 2. The molecule has 0 bridgehead atoms. The van der Waals surface area contributed by atoms with Crippen molar-refractivity contribution in [1.29, 1.82) is 0 Å². The van der Waals surface area contributed by atoms with Crippen molar-refractivity contribution < 1.29 is 14.2 Å². The Bertz CT molecular complexity index is 680. The van der Waals surface area contributed by atoms with Gasteiger partial charge in [0, 0.05) is 56.7 Å². The van der Waals surface area contributed by atoms with E-state index in [1.807, 2.05) is 30.1 Å². The summed E-state index contributed by atoms with van der Waals surface area (Å²) in [4.78, 5) is 2.40. The van der Waals surface area contributed by atoms with Crippen LogP contribution in [0.15, 0.2) is 30.6 Å². The van der Waals surface area contributed by atoms with E-state index in [1.54, 1.807) is 14.2 Å². The average Bonchev–Trinajstić information content (AvgIpc) is 3.27. The Morgan fingerprint density at radius 1 is 1.28 bits per heavy atom. The predicted octanol–water partition coefficient (Wildman–Crippen LogP) is 2.62. The largest absolute Gasteiger partial charge is 0.497 e. The molecule has 1 saturated heterocycles. The predicted molar refractivity (Wildman–Crippen MR) is 95.8 cm³/mol. The normalized spacial score (nSPS) is 17.2.